The van der Waals surface area contributed by atoms with Gasteiger partial charge in [-0.2, -0.15) is 0 Å². The van der Waals surface area contributed by atoms with Crippen LogP contribution in [0.4, 0.5) is 0 Å². The van der Waals surface area contributed by atoms with Crippen molar-refractivity contribution in [3.8, 4) is 0 Å². The molecule has 0 amide bonds. The Bertz CT molecular complexity index is 651. The van der Waals surface area contributed by atoms with Crippen LogP contribution in [0.25, 0.3) is 0 Å². The quantitative estimate of drug-likeness (QED) is 0.882. The summed E-state index contributed by atoms with van der Waals surface area (Å²) < 4.78 is 0. The number of benzene rings is 1. The van der Waals surface area contributed by atoms with Crippen LogP contribution in [0.2, 0.25) is 0 Å². The maximum atomic E-state index is 10.9. The summed E-state index contributed by atoms with van der Waals surface area (Å²) in [7, 11) is 0. The molecule has 1 fully saturated rings. The van der Waals surface area contributed by atoms with Crippen molar-refractivity contribution in [2.75, 3.05) is 0 Å². The molecular formula is C20H23NO2. The fourth-order valence-corrected chi connectivity index (χ4v) is 3.79. The normalized spacial score (nSPS) is 22.0. The molecular weight excluding hydrogens is 286 g/mol. The number of hydrogen-bond donors (Lipinski definition) is 1. The van der Waals surface area contributed by atoms with Gasteiger partial charge >= 0.3 is 5.97 Å². The molecule has 3 heteroatoms. The molecule has 1 heterocycles. The average Bonchev–Trinajstić information content (AvgIpc) is 3.04. The van der Waals surface area contributed by atoms with Crippen molar-refractivity contribution in [1.29, 1.82) is 0 Å². The molecule has 0 spiro atoms. The van der Waals surface area contributed by atoms with Crippen LogP contribution in [0.1, 0.15) is 53.6 Å². The van der Waals surface area contributed by atoms with E-state index in [4.69, 9.17) is 5.11 Å². The summed E-state index contributed by atoms with van der Waals surface area (Å²) in [6.07, 6.45) is 8.65. The summed E-state index contributed by atoms with van der Waals surface area (Å²) in [4.78, 5) is 15.1. The summed E-state index contributed by atoms with van der Waals surface area (Å²) in [5.74, 6) is 1.13. The largest absolute Gasteiger partial charge is 0.478 e. The van der Waals surface area contributed by atoms with Crippen LogP contribution in [0, 0.1) is 11.8 Å². The first-order valence-electron chi connectivity index (χ1n) is 8.35. The number of pyridine rings is 1. The summed E-state index contributed by atoms with van der Waals surface area (Å²) >= 11 is 0. The molecule has 1 saturated carbocycles. The van der Waals surface area contributed by atoms with Crippen LogP contribution in [0.5, 0.6) is 0 Å². The minimum atomic E-state index is -0.859. The molecule has 0 radical (unpaired) electrons. The number of aromatic nitrogens is 1. The second kappa shape index (κ2) is 6.95. The molecule has 1 aliphatic carbocycles. The number of hydrogen-bond acceptors (Lipinski definition) is 2. The monoisotopic (exact) mass is 309 g/mol. The van der Waals surface area contributed by atoms with Gasteiger partial charge in [-0.1, -0.05) is 25.1 Å². The highest BCUT2D eigenvalue weighted by Crippen LogP contribution is 2.41. The molecule has 120 valence electrons. The Kier molecular flexibility index (Phi) is 4.75. The molecule has 1 aromatic heterocycles. The summed E-state index contributed by atoms with van der Waals surface area (Å²) in [6.45, 7) is 2.31. The Morgan fingerprint density at radius 2 is 2.04 bits per heavy atom. The van der Waals surface area contributed by atoms with Crippen LogP contribution in [-0.2, 0) is 6.42 Å². The van der Waals surface area contributed by atoms with Gasteiger partial charge in [-0.3, -0.25) is 4.98 Å². The predicted octanol–water partition coefficient (Wildman–Crippen LogP) is 4.54. The van der Waals surface area contributed by atoms with E-state index in [-0.39, 0.29) is 0 Å². The highest BCUT2D eigenvalue weighted by atomic mass is 16.4. The molecule has 1 aliphatic rings. The molecule has 0 aliphatic heterocycles. The number of nitrogens with zero attached hydrogens (tertiary/aromatic N) is 1. The van der Waals surface area contributed by atoms with Crippen molar-refractivity contribution in [3.05, 3.63) is 65.5 Å². The first kappa shape index (κ1) is 15.7. The lowest BCUT2D eigenvalue weighted by Crippen LogP contribution is -2.08. The van der Waals surface area contributed by atoms with Gasteiger partial charge in [0.05, 0.1) is 5.56 Å². The average molecular weight is 309 g/mol. The molecule has 1 N–H and O–H groups in total. The van der Waals surface area contributed by atoms with Crippen molar-refractivity contribution < 1.29 is 9.90 Å². The molecule has 0 bridgehead atoms. The summed E-state index contributed by atoms with van der Waals surface area (Å²) in [5.41, 5.74) is 2.95. The van der Waals surface area contributed by atoms with Crippen LogP contribution < -0.4 is 0 Å². The predicted molar refractivity (Wildman–Crippen MR) is 90.6 cm³/mol. The second-order valence-electron chi connectivity index (χ2n) is 6.72. The fourth-order valence-electron chi connectivity index (χ4n) is 3.79. The van der Waals surface area contributed by atoms with Gasteiger partial charge in [0.2, 0.25) is 0 Å². The van der Waals surface area contributed by atoms with Gasteiger partial charge in [0.25, 0.3) is 0 Å². The third-order valence-corrected chi connectivity index (χ3v) is 5.22. The van der Waals surface area contributed by atoms with Crippen molar-refractivity contribution >= 4 is 5.97 Å². The van der Waals surface area contributed by atoms with Crippen molar-refractivity contribution in [1.82, 2.24) is 4.98 Å². The zero-order chi connectivity index (χ0) is 16.2. The number of rotatable bonds is 5. The maximum absolute atomic E-state index is 10.9. The molecule has 3 rings (SSSR count). The van der Waals surface area contributed by atoms with E-state index in [0.717, 1.165) is 12.3 Å². The Morgan fingerprint density at radius 3 is 2.70 bits per heavy atom. The van der Waals surface area contributed by atoms with Gasteiger partial charge in [0.1, 0.15) is 0 Å². The summed E-state index contributed by atoms with van der Waals surface area (Å²) in [5, 5.41) is 8.96. The zero-order valence-electron chi connectivity index (χ0n) is 13.5. The third-order valence-electron chi connectivity index (χ3n) is 5.22. The van der Waals surface area contributed by atoms with Gasteiger partial charge in [0.15, 0.2) is 0 Å². The van der Waals surface area contributed by atoms with Crippen LogP contribution in [-0.4, -0.2) is 16.1 Å². The number of aromatic carboxylic acids is 1. The van der Waals surface area contributed by atoms with E-state index in [0.29, 0.717) is 17.4 Å². The van der Waals surface area contributed by atoms with Gasteiger partial charge in [-0.05, 0) is 72.8 Å². The lowest BCUT2D eigenvalue weighted by atomic mass is 9.86. The van der Waals surface area contributed by atoms with Gasteiger partial charge in [0, 0.05) is 12.4 Å². The Hall–Kier alpha value is -2.16. The summed E-state index contributed by atoms with van der Waals surface area (Å²) in [6, 6.07) is 11.5. The molecule has 23 heavy (non-hydrogen) atoms. The van der Waals surface area contributed by atoms with Crippen LogP contribution >= 0.6 is 0 Å². The third kappa shape index (κ3) is 3.79. The van der Waals surface area contributed by atoms with E-state index in [1.165, 1.54) is 30.4 Å². The minimum absolute atomic E-state index is 0.364. The maximum Gasteiger partial charge on any atom is 0.335 e. The van der Waals surface area contributed by atoms with E-state index in [2.05, 4.69) is 18.0 Å². The smallest absolute Gasteiger partial charge is 0.335 e. The topological polar surface area (TPSA) is 50.2 Å². The van der Waals surface area contributed by atoms with Gasteiger partial charge in [-0.25, -0.2) is 4.79 Å². The Morgan fingerprint density at radius 1 is 1.26 bits per heavy atom. The van der Waals surface area contributed by atoms with Crippen LogP contribution in [0.3, 0.4) is 0 Å². The number of carboxylic acid groups (broad SMARTS) is 1. The molecule has 3 atom stereocenters. The molecule has 3 nitrogen and oxygen atoms in total. The van der Waals surface area contributed by atoms with E-state index in [1.54, 1.807) is 12.1 Å². The van der Waals surface area contributed by atoms with Gasteiger partial charge < -0.3 is 5.11 Å². The lowest BCUT2D eigenvalue weighted by Gasteiger charge is -2.19. The first-order valence-corrected chi connectivity index (χ1v) is 8.35. The SMILES string of the molecule is C[C@H](c1cccnc1)[C@H]1CC[C@@H](Cc2ccc(C(=O)O)cc2)C1. The molecule has 0 saturated heterocycles. The van der Waals surface area contributed by atoms with Crippen molar-refractivity contribution in [2.45, 2.75) is 38.5 Å². The van der Waals surface area contributed by atoms with Crippen LogP contribution in [0.15, 0.2) is 48.8 Å². The van der Waals surface area contributed by atoms with E-state index < -0.39 is 5.97 Å². The molecule has 2 aromatic rings. The fraction of sp³-hybridized carbons (Fsp3) is 0.400. The standard InChI is InChI=1S/C20H23NO2/c1-14(19-3-2-10-21-13-19)18-9-6-16(12-18)11-15-4-7-17(8-5-15)20(22)23/h2-5,7-8,10,13-14,16,18H,6,9,11-12H2,1H3,(H,22,23)/t14-,16-,18-/m0/s1. The lowest BCUT2D eigenvalue weighted by molar-refractivity contribution is 0.0697. The molecule has 1 aromatic carbocycles. The van der Waals surface area contributed by atoms with Crippen molar-refractivity contribution in [3.63, 3.8) is 0 Å². The number of carbonyl (C=O) groups is 1. The zero-order valence-corrected chi connectivity index (χ0v) is 13.5. The minimum Gasteiger partial charge on any atom is -0.478 e. The van der Waals surface area contributed by atoms with Crippen molar-refractivity contribution in [2.24, 2.45) is 11.8 Å². The van der Waals surface area contributed by atoms with E-state index in [9.17, 15) is 4.79 Å². The van der Waals surface area contributed by atoms with E-state index in [1.807, 2.05) is 30.6 Å². The highest BCUT2D eigenvalue weighted by Gasteiger charge is 2.29. The molecule has 0 unspecified atom stereocenters. The Balaban J connectivity index is 1.58. The Labute approximate surface area is 137 Å². The highest BCUT2D eigenvalue weighted by molar-refractivity contribution is 5.87. The van der Waals surface area contributed by atoms with E-state index >= 15 is 0 Å². The van der Waals surface area contributed by atoms with Gasteiger partial charge in [-0.15, -0.1) is 0 Å². The first-order chi connectivity index (χ1) is 11.1. The number of carboxylic acids is 1. The second-order valence-corrected chi connectivity index (χ2v) is 6.72.